The molecule has 1 aliphatic rings. The molecule has 2 amide bonds. The van der Waals surface area contributed by atoms with Gasteiger partial charge in [0.1, 0.15) is 0 Å². The van der Waals surface area contributed by atoms with E-state index in [0.29, 0.717) is 45.9 Å². The minimum absolute atomic E-state index is 0.0705. The minimum atomic E-state index is -0.294. The summed E-state index contributed by atoms with van der Waals surface area (Å²) in [7, 11) is 0. The third-order valence-electron chi connectivity index (χ3n) is 3.85. The van der Waals surface area contributed by atoms with Gasteiger partial charge in [0, 0.05) is 32.7 Å². The van der Waals surface area contributed by atoms with Gasteiger partial charge >= 0.3 is 6.09 Å². The molecule has 1 N–H and O–H groups in total. The summed E-state index contributed by atoms with van der Waals surface area (Å²) in [6, 6.07) is 8.22. The highest BCUT2D eigenvalue weighted by molar-refractivity contribution is 5.78. The molecule has 23 heavy (non-hydrogen) atoms. The molecule has 1 heterocycles. The Morgan fingerprint density at radius 3 is 2.52 bits per heavy atom. The molecule has 1 aliphatic heterocycles. The van der Waals surface area contributed by atoms with Crippen molar-refractivity contribution < 1.29 is 14.3 Å². The molecule has 0 aliphatic carbocycles. The predicted octanol–water partition coefficient (Wildman–Crippen LogP) is 1.39. The fraction of sp³-hybridized carbons (Fsp3) is 0.529. The Labute approximate surface area is 137 Å². The Kier molecular flexibility index (Phi) is 6.40. The van der Waals surface area contributed by atoms with Crippen molar-refractivity contribution in [3.05, 3.63) is 35.4 Å². The van der Waals surface area contributed by atoms with Crippen LogP contribution in [0.5, 0.6) is 0 Å². The summed E-state index contributed by atoms with van der Waals surface area (Å²) in [5, 5.41) is 3.18. The third kappa shape index (κ3) is 5.25. The van der Waals surface area contributed by atoms with Crippen LogP contribution in [-0.2, 0) is 16.1 Å². The predicted molar refractivity (Wildman–Crippen MR) is 88.1 cm³/mol. The maximum Gasteiger partial charge on any atom is 0.409 e. The monoisotopic (exact) mass is 319 g/mol. The van der Waals surface area contributed by atoms with Gasteiger partial charge in [0.2, 0.25) is 5.91 Å². The number of benzene rings is 1. The molecule has 0 radical (unpaired) electrons. The van der Waals surface area contributed by atoms with Crippen LogP contribution in [0.15, 0.2) is 24.3 Å². The zero-order valence-electron chi connectivity index (χ0n) is 13.9. The van der Waals surface area contributed by atoms with Crippen LogP contribution in [0.4, 0.5) is 4.79 Å². The lowest BCUT2D eigenvalue weighted by atomic mass is 10.1. The van der Waals surface area contributed by atoms with E-state index >= 15 is 0 Å². The van der Waals surface area contributed by atoms with E-state index in [1.165, 1.54) is 11.1 Å². The second kappa shape index (κ2) is 8.53. The summed E-state index contributed by atoms with van der Waals surface area (Å²) in [5.41, 5.74) is 2.38. The molecule has 126 valence electrons. The van der Waals surface area contributed by atoms with E-state index in [2.05, 4.69) is 24.4 Å². The maximum atomic E-state index is 12.2. The van der Waals surface area contributed by atoms with Crippen LogP contribution in [0.1, 0.15) is 18.1 Å². The van der Waals surface area contributed by atoms with E-state index in [4.69, 9.17) is 4.74 Å². The average molecular weight is 319 g/mol. The van der Waals surface area contributed by atoms with Gasteiger partial charge in [-0.3, -0.25) is 4.79 Å². The van der Waals surface area contributed by atoms with E-state index < -0.39 is 0 Å². The van der Waals surface area contributed by atoms with E-state index in [9.17, 15) is 9.59 Å². The quantitative estimate of drug-likeness (QED) is 0.891. The molecule has 0 atom stereocenters. The van der Waals surface area contributed by atoms with Crippen LogP contribution in [-0.4, -0.2) is 61.1 Å². The van der Waals surface area contributed by atoms with E-state index in [1.807, 2.05) is 12.1 Å². The smallest absolute Gasteiger partial charge is 0.409 e. The van der Waals surface area contributed by atoms with E-state index in [1.54, 1.807) is 16.7 Å². The molecule has 1 saturated heterocycles. The maximum absolute atomic E-state index is 12.2. The first-order valence-electron chi connectivity index (χ1n) is 8.06. The highest BCUT2D eigenvalue weighted by Gasteiger charge is 2.24. The number of aryl methyl sites for hydroxylation is 1. The third-order valence-corrected chi connectivity index (χ3v) is 3.85. The summed E-state index contributed by atoms with van der Waals surface area (Å²) in [5.74, 6) is 0.0705. The Morgan fingerprint density at radius 1 is 1.17 bits per heavy atom. The number of rotatable bonds is 5. The minimum Gasteiger partial charge on any atom is -0.450 e. The first kappa shape index (κ1) is 17.3. The second-order valence-corrected chi connectivity index (χ2v) is 5.66. The summed E-state index contributed by atoms with van der Waals surface area (Å²) < 4.78 is 4.97. The molecule has 6 heteroatoms. The lowest BCUT2D eigenvalue weighted by Crippen LogP contribution is -2.52. The lowest BCUT2D eigenvalue weighted by Gasteiger charge is -2.34. The Balaban J connectivity index is 1.70. The highest BCUT2D eigenvalue weighted by Crippen LogP contribution is 2.05. The molecule has 0 aromatic heterocycles. The van der Waals surface area contributed by atoms with Crippen molar-refractivity contribution in [1.82, 2.24) is 15.1 Å². The zero-order chi connectivity index (χ0) is 16.7. The number of hydrogen-bond donors (Lipinski definition) is 1. The van der Waals surface area contributed by atoms with Gasteiger partial charge in [0.05, 0.1) is 13.2 Å². The molecular formula is C17H25N3O3. The number of piperazine rings is 1. The van der Waals surface area contributed by atoms with Crippen molar-refractivity contribution in [3.8, 4) is 0 Å². The lowest BCUT2D eigenvalue weighted by molar-refractivity contribution is -0.131. The molecule has 0 bridgehead atoms. The number of nitrogens with zero attached hydrogens (tertiary/aromatic N) is 2. The number of carbonyl (C=O) groups excluding carboxylic acids is 2. The van der Waals surface area contributed by atoms with E-state index in [-0.39, 0.29) is 12.0 Å². The van der Waals surface area contributed by atoms with Crippen LogP contribution in [0.2, 0.25) is 0 Å². The van der Waals surface area contributed by atoms with Crippen molar-refractivity contribution in [2.45, 2.75) is 20.4 Å². The average Bonchev–Trinajstić information content (AvgIpc) is 2.55. The molecule has 2 rings (SSSR count). The summed E-state index contributed by atoms with van der Waals surface area (Å²) in [6.07, 6.45) is -0.294. The van der Waals surface area contributed by atoms with Gasteiger partial charge in [0.15, 0.2) is 0 Å². The largest absolute Gasteiger partial charge is 0.450 e. The van der Waals surface area contributed by atoms with Gasteiger partial charge in [-0.15, -0.1) is 0 Å². The van der Waals surface area contributed by atoms with Crippen molar-refractivity contribution in [3.63, 3.8) is 0 Å². The molecule has 1 aromatic rings. The normalized spacial score (nSPS) is 14.7. The number of carbonyl (C=O) groups is 2. The second-order valence-electron chi connectivity index (χ2n) is 5.66. The molecule has 0 saturated carbocycles. The topological polar surface area (TPSA) is 61.9 Å². The fourth-order valence-corrected chi connectivity index (χ4v) is 2.60. The first-order chi connectivity index (χ1) is 11.1. The van der Waals surface area contributed by atoms with Gasteiger partial charge in [-0.05, 0) is 19.4 Å². The van der Waals surface area contributed by atoms with Crippen LogP contribution in [0.3, 0.4) is 0 Å². The summed E-state index contributed by atoms with van der Waals surface area (Å²) >= 11 is 0. The van der Waals surface area contributed by atoms with Crippen molar-refractivity contribution >= 4 is 12.0 Å². The number of hydrogen-bond acceptors (Lipinski definition) is 4. The molecular weight excluding hydrogens is 294 g/mol. The van der Waals surface area contributed by atoms with Crippen molar-refractivity contribution in [2.24, 2.45) is 0 Å². The Hall–Kier alpha value is -2.08. The molecule has 0 spiro atoms. The van der Waals surface area contributed by atoms with Gasteiger partial charge < -0.3 is 19.9 Å². The summed E-state index contributed by atoms with van der Waals surface area (Å²) in [4.78, 5) is 27.2. The molecule has 6 nitrogen and oxygen atoms in total. The van der Waals surface area contributed by atoms with Gasteiger partial charge in [-0.2, -0.15) is 0 Å². The standard InChI is InChI=1S/C17H25N3O3/c1-3-23-17(22)20-9-7-19(8-10-20)16(21)13-18-12-15-6-4-5-14(2)11-15/h4-6,11,18H,3,7-10,12-13H2,1-2H3. The van der Waals surface area contributed by atoms with Gasteiger partial charge in [0.25, 0.3) is 0 Å². The first-order valence-corrected chi connectivity index (χ1v) is 8.06. The Morgan fingerprint density at radius 2 is 1.87 bits per heavy atom. The molecule has 1 aromatic carbocycles. The molecule has 0 unspecified atom stereocenters. The number of amides is 2. The number of nitrogens with one attached hydrogen (secondary N) is 1. The summed E-state index contributed by atoms with van der Waals surface area (Å²) in [6.45, 7) is 7.39. The zero-order valence-corrected chi connectivity index (χ0v) is 13.9. The van der Waals surface area contributed by atoms with E-state index in [0.717, 1.165) is 0 Å². The van der Waals surface area contributed by atoms with Gasteiger partial charge in [-0.25, -0.2) is 4.79 Å². The van der Waals surface area contributed by atoms with Crippen molar-refractivity contribution in [2.75, 3.05) is 39.3 Å². The molecule has 1 fully saturated rings. The van der Waals surface area contributed by atoms with Crippen molar-refractivity contribution in [1.29, 1.82) is 0 Å². The van der Waals surface area contributed by atoms with Crippen LogP contribution in [0.25, 0.3) is 0 Å². The number of ether oxygens (including phenoxy) is 1. The Bertz CT molecular complexity index is 540. The van der Waals surface area contributed by atoms with Crippen LogP contribution >= 0.6 is 0 Å². The van der Waals surface area contributed by atoms with Gasteiger partial charge in [-0.1, -0.05) is 29.8 Å². The van der Waals surface area contributed by atoms with Crippen LogP contribution in [0, 0.1) is 6.92 Å². The highest BCUT2D eigenvalue weighted by atomic mass is 16.6. The SMILES string of the molecule is CCOC(=O)N1CCN(C(=O)CNCc2cccc(C)c2)CC1. The van der Waals surface area contributed by atoms with Crippen LogP contribution < -0.4 is 5.32 Å². The fourth-order valence-electron chi connectivity index (χ4n) is 2.60.